The largest absolute Gasteiger partial charge is 0.326 e. The summed E-state index contributed by atoms with van der Waals surface area (Å²) in [5.74, 6) is -0.683. The highest BCUT2D eigenvalue weighted by Crippen LogP contribution is 2.38. The topological polar surface area (TPSA) is 86.8 Å². The van der Waals surface area contributed by atoms with Crippen LogP contribution in [0.3, 0.4) is 0 Å². The molecule has 0 spiro atoms. The molecule has 0 aromatic heterocycles. The van der Waals surface area contributed by atoms with Gasteiger partial charge in [0.25, 0.3) is 0 Å². The molecule has 0 radical (unpaired) electrons. The van der Waals surface area contributed by atoms with E-state index in [9.17, 15) is 19.2 Å². The summed E-state index contributed by atoms with van der Waals surface area (Å²) in [4.78, 5) is 52.0. The Balaban J connectivity index is 1.30. The third-order valence-corrected chi connectivity index (χ3v) is 6.03. The quantitative estimate of drug-likeness (QED) is 0.791. The van der Waals surface area contributed by atoms with Gasteiger partial charge in [-0.05, 0) is 43.5 Å². The first-order valence-corrected chi connectivity index (χ1v) is 10.1. The number of rotatable bonds is 5. The Hall–Kier alpha value is -2.70. The number of hydrogen-bond donors (Lipinski definition) is 1. The Morgan fingerprint density at radius 1 is 0.964 bits per heavy atom. The van der Waals surface area contributed by atoms with Crippen molar-refractivity contribution in [1.82, 2.24) is 4.90 Å². The molecule has 0 unspecified atom stereocenters. The van der Waals surface area contributed by atoms with Crippen molar-refractivity contribution in [1.29, 1.82) is 0 Å². The maximum absolute atomic E-state index is 12.5. The summed E-state index contributed by atoms with van der Waals surface area (Å²) in [6, 6.07) is 7.16. The van der Waals surface area contributed by atoms with Gasteiger partial charge in [0, 0.05) is 37.3 Å². The molecule has 1 saturated carbocycles. The summed E-state index contributed by atoms with van der Waals surface area (Å²) in [5, 5.41) is 2.80. The van der Waals surface area contributed by atoms with E-state index in [-0.39, 0.29) is 48.4 Å². The van der Waals surface area contributed by atoms with E-state index in [1.807, 2.05) is 12.1 Å². The number of anilines is 2. The average molecular weight is 383 g/mol. The Morgan fingerprint density at radius 2 is 1.61 bits per heavy atom. The molecule has 7 heteroatoms. The second kappa shape index (κ2) is 7.73. The maximum Gasteiger partial charge on any atom is 0.233 e. The smallest absolute Gasteiger partial charge is 0.233 e. The van der Waals surface area contributed by atoms with Crippen LogP contribution in [0.4, 0.5) is 11.4 Å². The second-order valence-corrected chi connectivity index (χ2v) is 7.82. The number of amides is 4. The van der Waals surface area contributed by atoms with Crippen molar-refractivity contribution in [3.63, 3.8) is 0 Å². The van der Waals surface area contributed by atoms with Crippen molar-refractivity contribution in [2.75, 3.05) is 23.3 Å². The molecule has 1 aromatic carbocycles. The van der Waals surface area contributed by atoms with E-state index in [2.05, 4.69) is 5.32 Å². The highest BCUT2D eigenvalue weighted by atomic mass is 16.2. The lowest BCUT2D eigenvalue weighted by Crippen LogP contribution is -2.34. The zero-order valence-corrected chi connectivity index (χ0v) is 15.9. The number of fused-ring (bicyclic) bond motifs is 1. The molecule has 1 N–H and O–H groups in total. The van der Waals surface area contributed by atoms with E-state index in [1.54, 1.807) is 17.0 Å². The molecule has 1 aliphatic carbocycles. The Bertz CT molecular complexity index is 780. The van der Waals surface area contributed by atoms with Gasteiger partial charge in [-0.1, -0.05) is 12.8 Å². The number of nitrogens with one attached hydrogen (secondary N) is 1. The van der Waals surface area contributed by atoms with Crippen LogP contribution < -0.4 is 10.2 Å². The Labute approximate surface area is 164 Å². The Kier molecular flexibility index (Phi) is 5.15. The molecule has 2 saturated heterocycles. The van der Waals surface area contributed by atoms with E-state index in [1.165, 1.54) is 4.90 Å². The monoisotopic (exact) mass is 383 g/mol. The van der Waals surface area contributed by atoms with Crippen LogP contribution >= 0.6 is 0 Å². The third kappa shape index (κ3) is 3.53. The number of carbonyl (C=O) groups is 4. The minimum Gasteiger partial charge on any atom is -0.326 e. The first-order chi connectivity index (χ1) is 13.5. The van der Waals surface area contributed by atoms with Crippen LogP contribution in [-0.2, 0) is 19.2 Å². The second-order valence-electron chi connectivity index (χ2n) is 7.82. The number of likely N-dealkylation sites (tertiary alicyclic amines) is 1. The van der Waals surface area contributed by atoms with Crippen molar-refractivity contribution in [3.05, 3.63) is 24.3 Å². The predicted molar refractivity (Wildman–Crippen MR) is 103 cm³/mol. The van der Waals surface area contributed by atoms with Gasteiger partial charge in [-0.2, -0.15) is 0 Å². The summed E-state index contributed by atoms with van der Waals surface area (Å²) in [6.45, 7) is 0.862. The Morgan fingerprint density at radius 3 is 2.18 bits per heavy atom. The fourth-order valence-corrected chi connectivity index (χ4v) is 4.53. The van der Waals surface area contributed by atoms with Crippen molar-refractivity contribution >= 4 is 35.0 Å². The average Bonchev–Trinajstić information content (AvgIpc) is 3.23. The first-order valence-electron chi connectivity index (χ1n) is 10.1. The minimum absolute atomic E-state index is 0.0866. The van der Waals surface area contributed by atoms with Gasteiger partial charge >= 0.3 is 0 Å². The van der Waals surface area contributed by atoms with E-state index in [0.29, 0.717) is 12.1 Å². The summed E-state index contributed by atoms with van der Waals surface area (Å²) in [5.41, 5.74) is 1.46. The molecule has 2 atom stereocenters. The number of benzene rings is 1. The summed E-state index contributed by atoms with van der Waals surface area (Å²) in [6.07, 6.45) is 5.08. The normalized spacial score (nSPS) is 24.6. The number of nitrogens with zero attached hydrogens (tertiary/aromatic N) is 2. The predicted octanol–water partition coefficient (Wildman–Crippen LogP) is 2.32. The van der Waals surface area contributed by atoms with Gasteiger partial charge in [0.05, 0.1) is 11.8 Å². The van der Waals surface area contributed by atoms with Gasteiger partial charge in [0.15, 0.2) is 0 Å². The summed E-state index contributed by atoms with van der Waals surface area (Å²) < 4.78 is 0. The highest BCUT2D eigenvalue weighted by Gasteiger charge is 2.47. The van der Waals surface area contributed by atoms with E-state index in [0.717, 1.165) is 44.3 Å². The zero-order chi connectivity index (χ0) is 19.7. The molecule has 0 bridgehead atoms. The van der Waals surface area contributed by atoms with E-state index in [4.69, 9.17) is 0 Å². The molecule has 2 heterocycles. The number of hydrogen-bond acceptors (Lipinski definition) is 4. The van der Waals surface area contributed by atoms with Gasteiger partial charge < -0.3 is 10.2 Å². The third-order valence-electron chi connectivity index (χ3n) is 6.03. The molecular formula is C21H25N3O4. The molecule has 28 heavy (non-hydrogen) atoms. The fourth-order valence-electron chi connectivity index (χ4n) is 4.53. The lowest BCUT2D eigenvalue weighted by atomic mass is 9.81. The standard InChI is InChI=1S/C21H25N3O4/c25-18(11-13-24-20(27)16-4-1-2-5-17(16)21(24)28)22-14-7-9-15(10-8-14)23-12-3-6-19(23)26/h7-10,16-17H,1-6,11-13H2,(H,22,25)/t16-,17-/m0/s1. The molecular weight excluding hydrogens is 358 g/mol. The molecule has 1 aromatic rings. The first kappa shape index (κ1) is 18.7. The van der Waals surface area contributed by atoms with Gasteiger partial charge in [-0.25, -0.2) is 0 Å². The lowest BCUT2D eigenvalue weighted by Gasteiger charge is -2.19. The SMILES string of the molecule is O=C(CCN1C(=O)[C@H]2CCCC[C@@H]2C1=O)Nc1ccc(N2CCCC2=O)cc1. The van der Waals surface area contributed by atoms with Crippen molar-refractivity contribution < 1.29 is 19.2 Å². The summed E-state index contributed by atoms with van der Waals surface area (Å²) >= 11 is 0. The summed E-state index contributed by atoms with van der Waals surface area (Å²) in [7, 11) is 0. The van der Waals surface area contributed by atoms with Gasteiger partial charge in [-0.3, -0.25) is 24.1 Å². The van der Waals surface area contributed by atoms with Gasteiger partial charge in [-0.15, -0.1) is 0 Å². The molecule has 148 valence electrons. The van der Waals surface area contributed by atoms with Crippen molar-refractivity contribution in [2.45, 2.75) is 44.9 Å². The minimum atomic E-state index is -0.236. The van der Waals surface area contributed by atoms with E-state index < -0.39 is 0 Å². The molecule has 4 amide bonds. The number of carbonyl (C=O) groups excluding carboxylic acids is 4. The number of imide groups is 1. The highest BCUT2D eigenvalue weighted by molar-refractivity contribution is 6.05. The molecule has 2 aliphatic heterocycles. The van der Waals surface area contributed by atoms with Crippen LogP contribution in [0.25, 0.3) is 0 Å². The molecule has 7 nitrogen and oxygen atoms in total. The van der Waals surface area contributed by atoms with Crippen LogP contribution in [0, 0.1) is 11.8 Å². The van der Waals surface area contributed by atoms with Crippen LogP contribution in [0.15, 0.2) is 24.3 Å². The van der Waals surface area contributed by atoms with Gasteiger partial charge in [0.2, 0.25) is 23.6 Å². The van der Waals surface area contributed by atoms with Crippen LogP contribution in [0.1, 0.15) is 44.9 Å². The van der Waals surface area contributed by atoms with Crippen LogP contribution in [0.5, 0.6) is 0 Å². The van der Waals surface area contributed by atoms with Gasteiger partial charge in [0.1, 0.15) is 0 Å². The molecule has 3 aliphatic rings. The van der Waals surface area contributed by atoms with Crippen LogP contribution in [0.2, 0.25) is 0 Å². The zero-order valence-electron chi connectivity index (χ0n) is 15.9. The lowest BCUT2D eigenvalue weighted by molar-refractivity contribution is -0.140. The van der Waals surface area contributed by atoms with E-state index >= 15 is 0 Å². The maximum atomic E-state index is 12.5. The van der Waals surface area contributed by atoms with Crippen LogP contribution in [-0.4, -0.2) is 41.6 Å². The molecule has 4 rings (SSSR count). The van der Waals surface area contributed by atoms with Crippen molar-refractivity contribution in [3.8, 4) is 0 Å². The van der Waals surface area contributed by atoms with Crippen molar-refractivity contribution in [2.24, 2.45) is 11.8 Å². The molecule has 3 fully saturated rings. The fraction of sp³-hybridized carbons (Fsp3) is 0.524.